The van der Waals surface area contributed by atoms with Gasteiger partial charge in [0.25, 0.3) is 5.91 Å². The number of aryl methyl sites for hydroxylation is 1. The van der Waals surface area contributed by atoms with Crippen molar-refractivity contribution in [3.05, 3.63) is 53.3 Å². The number of halogens is 6. The van der Waals surface area contributed by atoms with E-state index in [1.54, 1.807) is 6.92 Å². The van der Waals surface area contributed by atoms with Crippen LogP contribution in [0.4, 0.5) is 26.3 Å². The number of ether oxygens (including phenoxy) is 2. The first-order valence-electron chi connectivity index (χ1n) is 8.61. The van der Waals surface area contributed by atoms with Gasteiger partial charge in [0, 0.05) is 11.3 Å². The molecule has 1 aromatic heterocycles. The molecule has 0 bridgehead atoms. The van der Waals surface area contributed by atoms with E-state index in [4.69, 9.17) is 4.74 Å². The summed E-state index contributed by atoms with van der Waals surface area (Å²) in [6.07, 6.45) is -9.03. The van der Waals surface area contributed by atoms with Crippen LogP contribution in [0, 0.1) is 6.92 Å². The van der Waals surface area contributed by atoms with Gasteiger partial charge in [-0.1, -0.05) is 0 Å². The van der Waals surface area contributed by atoms with Crippen LogP contribution in [0.25, 0.3) is 0 Å². The van der Waals surface area contributed by atoms with Gasteiger partial charge in [-0.2, -0.15) is 26.3 Å². The van der Waals surface area contributed by atoms with Crippen LogP contribution < -0.4 is 14.8 Å². The highest BCUT2D eigenvalue weighted by Gasteiger charge is 2.30. The average molecular weight is 436 g/mol. The average Bonchev–Trinajstić information content (AvgIpc) is 2.64. The lowest BCUT2D eigenvalue weighted by molar-refractivity contribution is -0.154. The standard InChI is InChI=1S/C19H18F6N2O3/c1-11-3-8-15(30-10-19(23,24)25)16(26-11)12(2)27-17(28)13-4-6-14(7-5-13)29-9-18(20,21)22/h3-8,12H,9-10H2,1-2H3,(H,27,28). The molecule has 0 aliphatic carbocycles. The Kier molecular flexibility index (Phi) is 7.16. The number of alkyl halides is 6. The molecule has 0 fully saturated rings. The minimum atomic E-state index is -4.54. The van der Waals surface area contributed by atoms with Crippen molar-refractivity contribution in [2.45, 2.75) is 32.2 Å². The van der Waals surface area contributed by atoms with E-state index in [9.17, 15) is 31.1 Å². The van der Waals surface area contributed by atoms with E-state index in [-0.39, 0.29) is 22.8 Å². The van der Waals surface area contributed by atoms with Crippen LogP contribution in [-0.4, -0.2) is 36.5 Å². The maximum Gasteiger partial charge on any atom is 0.422 e. The molecular formula is C19H18F6N2O3. The summed E-state index contributed by atoms with van der Waals surface area (Å²) < 4.78 is 83.2. The maximum atomic E-state index is 12.4. The van der Waals surface area contributed by atoms with Crippen molar-refractivity contribution in [3.8, 4) is 11.5 Å². The lowest BCUT2D eigenvalue weighted by Gasteiger charge is -2.19. The van der Waals surface area contributed by atoms with Gasteiger partial charge in [0.05, 0.1) is 6.04 Å². The van der Waals surface area contributed by atoms with E-state index in [1.807, 2.05) is 0 Å². The van der Waals surface area contributed by atoms with E-state index >= 15 is 0 Å². The summed E-state index contributed by atoms with van der Waals surface area (Å²) in [5.74, 6) is -0.795. The molecule has 0 aliphatic heterocycles. The van der Waals surface area contributed by atoms with Gasteiger partial charge in [0.2, 0.25) is 0 Å². The van der Waals surface area contributed by atoms with Crippen molar-refractivity contribution in [1.29, 1.82) is 0 Å². The van der Waals surface area contributed by atoms with Crippen LogP contribution in [-0.2, 0) is 0 Å². The highest BCUT2D eigenvalue weighted by Crippen LogP contribution is 2.26. The number of carbonyl (C=O) groups is 1. The van der Waals surface area contributed by atoms with Gasteiger partial charge in [0.1, 0.15) is 17.2 Å². The summed E-state index contributed by atoms with van der Waals surface area (Å²) in [7, 11) is 0. The fraction of sp³-hybridized carbons (Fsp3) is 0.368. The molecule has 2 rings (SSSR count). The predicted molar refractivity (Wildman–Crippen MR) is 94.4 cm³/mol. The zero-order chi connectivity index (χ0) is 22.5. The molecule has 1 aromatic carbocycles. The number of hydrogen-bond acceptors (Lipinski definition) is 4. The van der Waals surface area contributed by atoms with Gasteiger partial charge in [0.15, 0.2) is 13.2 Å². The summed E-state index contributed by atoms with van der Waals surface area (Å²) in [6, 6.07) is 6.93. The highest BCUT2D eigenvalue weighted by atomic mass is 19.4. The number of nitrogens with zero attached hydrogens (tertiary/aromatic N) is 1. The minimum absolute atomic E-state index is 0.0693. The minimum Gasteiger partial charge on any atom is -0.484 e. The molecule has 1 unspecified atom stereocenters. The van der Waals surface area contributed by atoms with Crippen LogP contribution in [0.5, 0.6) is 11.5 Å². The van der Waals surface area contributed by atoms with Gasteiger partial charge >= 0.3 is 12.4 Å². The van der Waals surface area contributed by atoms with Crippen molar-refractivity contribution >= 4 is 5.91 Å². The van der Waals surface area contributed by atoms with Crippen LogP contribution in [0.2, 0.25) is 0 Å². The molecule has 0 radical (unpaired) electrons. The Morgan fingerprint density at radius 2 is 1.53 bits per heavy atom. The Morgan fingerprint density at radius 3 is 2.10 bits per heavy atom. The largest absolute Gasteiger partial charge is 0.484 e. The van der Waals surface area contributed by atoms with E-state index < -0.39 is 37.5 Å². The van der Waals surface area contributed by atoms with Gasteiger partial charge in [-0.05, 0) is 50.2 Å². The van der Waals surface area contributed by atoms with E-state index in [0.717, 1.165) is 0 Å². The monoisotopic (exact) mass is 436 g/mol. The fourth-order valence-electron chi connectivity index (χ4n) is 2.37. The first-order valence-corrected chi connectivity index (χ1v) is 8.61. The molecular weight excluding hydrogens is 418 g/mol. The first-order chi connectivity index (χ1) is 13.8. The third-order valence-corrected chi connectivity index (χ3v) is 3.69. The third kappa shape index (κ3) is 7.45. The molecule has 1 atom stereocenters. The normalized spacial score (nSPS) is 12.9. The SMILES string of the molecule is Cc1ccc(OCC(F)(F)F)c(C(C)NC(=O)c2ccc(OCC(F)(F)F)cc2)n1. The third-order valence-electron chi connectivity index (χ3n) is 3.69. The molecule has 0 saturated heterocycles. The first kappa shape index (κ1) is 23.3. The summed E-state index contributed by atoms with van der Waals surface area (Å²) >= 11 is 0. The molecule has 164 valence electrons. The number of nitrogens with one attached hydrogen (secondary N) is 1. The Bertz CT molecular complexity index is 866. The molecule has 2 aromatic rings. The number of pyridine rings is 1. The lowest BCUT2D eigenvalue weighted by Crippen LogP contribution is -2.28. The zero-order valence-electron chi connectivity index (χ0n) is 15.9. The second-order valence-electron chi connectivity index (χ2n) is 6.36. The van der Waals surface area contributed by atoms with Gasteiger partial charge in [-0.15, -0.1) is 0 Å². The van der Waals surface area contributed by atoms with Gasteiger partial charge in [-0.3, -0.25) is 9.78 Å². The van der Waals surface area contributed by atoms with E-state index in [1.165, 1.54) is 43.3 Å². The summed E-state index contributed by atoms with van der Waals surface area (Å²) in [5.41, 5.74) is 0.737. The number of amides is 1. The Hall–Kier alpha value is -2.98. The lowest BCUT2D eigenvalue weighted by atomic mass is 10.1. The van der Waals surface area contributed by atoms with Crippen molar-refractivity contribution < 1.29 is 40.6 Å². The maximum absolute atomic E-state index is 12.4. The number of carbonyl (C=O) groups excluding carboxylic acids is 1. The Balaban J connectivity index is 2.07. The molecule has 1 amide bonds. The second-order valence-corrected chi connectivity index (χ2v) is 6.36. The van der Waals surface area contributed by atoms with Crippen LogP contribution >= 0.6 is 0 Å². The summed E-state index contributed by atoms with van der Waals surface area (Å²) in [6.45, 7) is 0.173. The molecule has 5 nitrogen and oxygen atoms in total. The Labute approximate surface area is 168 Å². The number of hydrogen-bond donors (Lipinski definition) is 1. The molecule has 1 N–H and O–H groups in total. The summed E-state index contributed by atoms with van der Waals surface area (Å²) in [4.78, 5) is 16.5. The Morgan fingerprint density at radius 1 is 0.967 bits per heavy atom. The molecule has 0 spiro atoms. The quantitative estimate of drug-likeness (QED) is 0.636. The molecule has 0 aliphatic rings. The zero-order valence-corrected chi connectivity index (χ0v) is 15.9. The fourth-order valence-corrected chi connectivity index (χ4v) is 2.37. The van der Waals surface area contributed by atoms with Crippen LogP contribution in [0.15, 0.2) is 36.4 Å². The number of aromatic nitrogens is 1. The van der Waals surface area contributed by atoms with E-state index in [2.05, 4.69) is 15.0 Å². The van der Waals surface area contributed by atoms with Crippen LogP contribution in [0.1, 0.15) is 34.7 Å². The summed E-state index contributed by atoms with van der Waals surface area (Å²) in [5, 5.41) is 2.57. The second kappa shape index (κ2) is 9.23. The predicted octanol–water partition coefficient (Wildman–Crippen LogP) is 4.76. The molecule has 1 heterocycles. The van der Waals surface area contributed by atoms with E-state index in [0.29, 0.717) is 5.69 Å². The molecule has 11 heteroatoms. The van der Waals surface area contributed by atoms with Gasteiger partial charge < -0.3 is 14.8 Å². The molecule has 0 saturated carbocycles. The van der Waals surface area contributed by atoms with Crippen LogP contribution in [0.3, 0.4) is 0 Å². The van der Waals surface area contributed by atoms with Crippen molar-refractivity contribution in [2.24, 2.45) is 0 Å². The van der Waals surface area contributed by atoms with Crippen molar-refractivity contribution in [1.82, 2.24) is 10.3 Å². The van der Waals surface area contributed by atoms with Crippen molar-refractivity contribution in [2.75, 3.05) is 13.2 Å². The highest BCUT2D eigenvalue weighted by molar-refractivity contribution is 5.94. The number of rotatable bonds is 7. The van der Waals surface area contributed by atoms with Gasteiger partial charge in [-0.25, -0.2) is 0 Å². The smallest absolute Gasteiger partial charge is 0.422 e. The van der Waals surface area contributed by atoms with Crippen molar-refractivity contribution in [3.63, 3.8) is 0 Å². The topological polar surface area (TPSA) is 60.5 Å². The number of benzene rings is 1. The molecule has 30 heavy (non-hydrogen) atoms.